The van der Waals surface area contributed by atoms with Crippen molar-refractivity contribution in [1.82, 2.24) is 9.55 Å². The number of nitrogens with zero attached hydrogens (tertiary/aromatic N) is 2. The summed E-state index contributed by atoms with van der Waals surface area (Å²) in [6, 6.07) is 3.11. The lowest BCUT2D eigenvalue weighted by Crippen LogP contribution is -2.32. The summed E-state index contributed by atoms with van der Waals surface area (Å²) < 4.78 is 21.5. The van der Waals surface area contributed by atoms with Crippen molar-refractivity contribution >= 4 is 16.9 Å². The maximum atomic E-state index is 14.9. The van der Waals surface area contributed by atoms with Crippen LogP contribution in [0.1, 0.15) is 79.5 Å². The number of pyridine rings is 2. The van der Waals surface area contributed by atoms with E-state index in [1.807, 2.05) is 13.8 Å². The molecule has 2 atom stereocenters. The number of hydrogen-bond acceptors (Lipinski definition) is 6. The van der Waals surface area contributed by atoms with E-state index >= 15 is 0 Å². The van der Waals surface area contributed by atoms with Gasteiger partial charge >= 0.3 is 5.97 Å². The van der Waals surface area contributed by atoms with Gasteiger partial charge in [0.1, 0.15) is 12.4 Å². The van der Waals surface area contributed by atoms with Crippen molar-refractivity contribution in [3.05, 3.63) is 61.7 Å². The lowest BCUT2D eigenvalue weighted by atomic mass is 9.66. The Morgan fingerprint density at radius 3 is 2.69 bits per heavy atom. The first-order chi connectivity index (χ1) is 17.2. The molecule has 6 rings (SSSR count). The highest BCUT2D eigenvalue weighted by Crippen LogP contribution is 2.50. The minimum atomic E-state index is -1.52. The first-order valence-electron chi connectivity index (χ1n) is 12.6. The third kappa shape index (κ3) is 3.34. The smallest absolute Gasteiger partial charge is 0.340 e. The predicted molar refractivity (Wildman–Crippen MR) is 133 cm³/mol. The quantitative estimate of drug-likeness (QED) is 0.418. The molecule has 1 aliphatic carbocycles. The maximum absolute atomic E-state index is 14.9. The van der Waals surface area contributed by atoms with E-state index in [1.54, 1.807) is 17.6 Å². The molecule has 0 saturated heterocycles. The fourth-order valence-electron chi connectivity index (χ4n) is 6.16. The number of esters is 1. The van der Waals surface area contributed by atoms with Crippen molar-refractivity contribution in [1.29, 1.82) is 0 Å². The molecule has 3 aliphatic rings. The molecule has 1 aromatic carbocycles. The Morgan fingerprint density at radius 2 is 1.97 bits per heavy atom. The number of aliphatic hydroxyl groups is 2. The van der Waals surface area contributed by atoms with Crippen LogP contribution in [0.25, 0.3) is 22.3 Å². The minimum absolute atomic E-state index is 0.0830. The minimum Gasteiger partial charge on any atom is -0.458 e. The summed E-state index contributed by atoms with van der Waals surface area (Å²) in [6.45, 7) is 8.19. The molecule has 2 unspecified atom stereocenters. The lowest BCUT2D eigenvalue weighted by molar-refractivity contribution is -0.157. The number of cyclic esters (lactones) is 1. The molecule has 36 heavy (non-hydrogen) atoms. The summed E-state index contributed by atoms with van der Waals surface area (Å²) in [4.78, 5) is 30.1. The van der Waals surface area contributed by atoms with Crippen LogP contribution in [0.5, 0.6) is 0 Å². The number of aliphatic hydroxyl groups excluding tert-OH is 2. The topological polar surface area (TPSA) is 102 Å². The summed E-state index contributed by atoms with van der Waals surface area (Å²) in [5.74, 6) is -1.09. The third-order valence-corrected chi connectivity index (χ3v) is 7.99. The molecule has 0 radical (unpaired) electrons. The molecule has 0 spiro atoms. The van der Waals surface area contributed by atoms with Gasteiger partial charge in [0.15, 0.2) is 6.10 Å². The fraction of sp³-hybridized carbons (Fsp3) is 0.464. The molecule has 4 heterocycles. The second-order valence-electron chi connectivity index (χ2n) is 9.92. The van der Waals surface area contributed by atoms with Crippen LogP contribution in [0, 0.1) is 12.7 Å². The summed E-state index contributed by atoms with van der Waals surface area (Å²) in [6.07, 6.45) is 1.40. The van der Waals surface area contributed by atoms with Crippen molar-refractivity contribution in [2.75, 3.05) is 6.61 Å². The van der Waals surface area contributed by atoms with Crippen molar-refractivity contribution < 1.29 is 24.1 Å². The van der Waals surface area contributed by atoms with Crippen molar-refractivity contribution in [3.8, 4) is 11.4 Å². The van der Waals surface area contributed by atoms with E-state index in [1.165, 1.54) is 6.07 Å². The molecule has 2 aromatic heterocycles. The molecule has 7 nitrogen and oxygen atoms in total. The van der Waals surface area contributed by atoms with Crippen LogP contribution in [0.15, 0.2) is 16.9 Å². The normalized spacial score (nSPS) is 21.3. The molecule has 3 aromatic rings. The molecule has 0 bridgehead atoms. The van der Waals surface area contributed by atoms with E-state index in [-0.39, 0.29) is 41.1 Å². The Labute approximate surface area is 208 Å². The first kappa shape index (κ1) is 24.6. The Balaban J connectivity index is 0.00000130. The Kier molecular flexibility index (Phi) is 6.00. The van der Waals surface area contributed by atoms with Crippen LogP contribution in [0.2, 0.25) is 0 Å². The van der Waals surface area contributed by atoms with Gasteiger partial charge in [-0.25, -0.2) is 14.2 Å². The second kappa shape index (κ2) is 8.78. The van der Waals surface area contributed by atoms with Gasteiger partial charge in [0.25, 0.3) is 5.56 Å². The number of aryl methyl sites for hydroxylation is 1. The SMILES string of the molecule is CC.Cc1c(F)cc2nc3c(c4c2c1CCC4(C)CCCO)Cn1c-3cc2c(c1=O)COC(=O)C2O. The molecular formula is C28H31FN2O5. The van der Waals surface area contributed by atoms with Gasteiger partial charge in [0.2, 0.25) is 0 Å². The van der Waals surface area contributed by atoms with Crippen LogP contribution in [0.3, 0.4) is 0 Å². The van der Waals surface area contributed by atoms with E-state index in [2.05, 4.69) is 6.92 Å². The van der Waals surface area contributed by atoms with Crippen LogP contribution >= 0.6 is 0 Å². The third-order valence-electron chi connectivity index (χ3n) is 7.99. The van der Waals surface area contributed by atoms with Crippen molar-refractivity contribution in [3.63, 3.8) is 0 Å². The predicted octanol–water partition coefficient (Wildman–Crippen LogP) is 3.97. The molecule has 2 N–H and O–H groups in total. The molecule has 0 amide bonds. The summed E-state index contributed by atoms with van der Waals surface area (Å²) in [7, 11) is 0. The maximum Gasteiger partial charge on any atom is 0.340 e. The van der Waals surface area contributed by atoms with Crippen LogP contribution in [0.4, 0.5) is 4.39 Å². The number of hydrogen-bond donors (Lipinski definition) is 2. The number of carbonyl (C=O) groups excluding carboxylic acids is 1. The zero-order valence-electron chi connectivity index (χ0n) is 21.1. The number of carbonyl (C=O) groups is 1. The largest absolute Gasteiger partial charge is 0.458 e. The van der Waals surface area contributed by atoms with Crippen LogP contribution in [-0.4, -0.2) is 32.3 Å². The van der Waals surface area contributed by atoms with Gasteiger partial charge in [0.05, 0.1) is 29.0 Å². The van der Waals surface area contributed by atoms with Gasteiger partial charge < -0.3 is 19.5 Å². The Hall–Kier alpha value is -3.10. The van der Waals surface area contributed by atoms with Gasteiger partial charge in [-0.3, -0.25) is 4.79 Å². The highest BCUT2D eigenvalue weighted by atomic mass is 19.1. The highest BCUT2D eigenvalue weighted by Gasteiger charge is 2.41. The number of fused-ring (bicyclic) bond motifs is 5. The fourth-order valence-corrected chi connectivity index (χ4v) is 6.16. The average molecular weight is 495 g/mol. The number of halogens is 1. The first-order valence-corrected chi connectivity index (χ1v) is 12.6. The summed E-state index contributed by atoms with van der Waals surface area (Å²) in [5, 5.41) is 20.9. The van der Waals surface area contributed by atoms with Gasteiger partial charge in [-0.15, -0.1) is 0 Å². The van der Waals surface area contributed by atoms with Crippen molar-refractivity contribution in [2.24, 2.45) is 0 Å². The van der Waals surface area contributed by atoms with Gasteiger partial charge in [-0.2, -0.15) is 0 Å². The molecule has 2 aliphatic heterocycles. The van der Waals surface area contributed by atoms with Crippen LogP contribution in [-0.2, 0) is 34.5 Å². The van der Waals surface area contributed by atoms with Gasteiger partial charge in [-0.05, 0) is 60.8 Å². The molecule has 0 fully saturated rings. The molecule has 190 valence electrons. The van der Waals surface area contributed by atoms with E-state index in [9.17, 15) is 24.2 Å². The van der Waals surface area contributed by atoms with Crippen LogP contribution < -0.4 is 5.56 Å². The monoisotopic (exact) mass is 494 g/mol. The zero-order valence-corrected chi connectivity index (χ0v) is 21.1. The number of benzene rings is 1. The number of aromatic nitrogens is 2. The molecule has 8 heteroatoms. The van der Waals surface area contributed by atoms with E-state index in [0.717, 1.165) is 41.3 Å². The average Bonchev–Trinajstić information content (AvgIpc) is 3.24. The lowest BCUT2D eigenvalue weighted by Gasteiger charge is -2.38. The van der Waals surface area contributed by atoms with E-state index in [0.29, 0.717) is 35.4 Å². The number of rotatable bonds is 3. The Bertz CT molecular complexity index is 1480. The van der Waals surface area contributed by atoms with Crippen molar-refractivity contribution in [2.45, 2.75) is 78.0 Å². The number of ether oxygens (including phenoxy) is 1. The molecular weight excluding hydrogens is 463 g/mol. The van der Waals surface area contributed by atoms with E-state index in [4.69, 9.17) is 9.72 Å². The summed E-state index contributed by atoms with van der Waals surface area (Å²) in [5.41, 5.74) is 5.14. The van der Waals surface area contributed by atoms with Gasteiger partial charge in [-0.1, -0.05) is 20.8 Å². The standard InChI is InChI=1S/C26H25FN2O5.C2H6/c1-12-13-4-6-26(2,5-3-7-30)21-15-10-29-19(22(15)28-18(20(13)21)9-17(12)27)8-14-16(24(29)32)11-34-25(33)23(14)31;1-2/h8-9,23,30-31H,3-7,10-11H2,1-2H3;1-2H3. The highest BCUT2D eigenvalue weighted by molar-refractivity contribution is 5.93. The van der Waals surface area contributed by atoms with E-state index < -0.39 is 12.1 Å². The Morgan fingerprint density at radius 1 is 1.22 bits per heavy atom. The molecule has 0 saturated carbocycles. The zero-order chi connectivity index (χ0) is 25.9. The second-order valence-corrected chi connectivity index (χ2v) is 9.92. The van der Waals surface area contributed by atoms with Gasteiger partial charge in [0, 0.05) is 29.2 Å². The summed E-state index contributed by atoms with van der Waals surface area (Å²) >= 11 is 0.